The lowest BCUT2D eigenvalue weighted by Gasteiger charge is -2.13. The molecule has 2 N–H and O–H groups in total. The zero-order valence-corrected chi connectivity index (χ0v) is 10.4. The van der Waals surface area contributed by atoms with Gasteiger partial charge in [0.2, 0.25) is 0 Å². The Labute approximate surface area is 102 Å². The maximum absolute atomic E-state index is 13.6. The first-order valence-corrected chi connectivity index (χ1v) is 5.87. The third-order valence-corrected chi connectivity index (χ3v) is 2.24. The van der Waals surface area contributed by atoms with E-state index in [1.807, 2.05) is 19.9 Å². The van der Waals surface area contributed by atoms with Crippen LogP contribution in [0.3, 0.4) is 0 Å². The summed E-state index contributed by atoms with van der Waals surface area (Å²) < 4.78 is 24.3. The van der Waals surface area contributed by atoms with Crippen molar-refractivity contribution in [3.63, 3.8) is 0 Å². The molecule has 0 unspecified atom stereocenters. The molecular formula is C13H20FNO2. The van der Waals surface area contributed by atoms with Gasteiger partial charge in [0.05, 0.1) is 12.7 Å². The number of ether oxygens (including phenoxy) is 2. The summed E-state index contributed by atoms with van der Waals surface area (Å²) in [7, 11) is 0. The Morgan fingerprint density at radius 2 is 2.06 bits per heavy atom. The minimum Gasteiger partial charge on any atom is -0.488 e. The molecule has 1 aromatic carbocycles. The largest absolute Gasteiger partial charge is 0.488 e. The first-order chi connectivity index (χ1) is 8.15. The van der Waals surface area contributed by atoms with Gasteiger partial charge < -0.3 is 15.2 Å². The van der Waals surface area contributed by atoms with Crippen LogP contribution in [0.5, 0.6) is 5.75 Å². The molecule has 17 heavy (non-hydrogen) atoms. The second kappa shape index (κ2) is 7.25. The summed E-state index contributed by atoms with van der Waals surface area (Å²) in [5.74, 6) is -0.0502. The lowest BCUT2D eigenvalue weighted by Crippen LogP contribution is -2.13. The SMILES string of the molecule is CC(C)OCCOc1c(F)cccc1CCN. The van der Waals surface area contributed by atoms with Gasteiger partial charge in [-0.25, -0.2) is 4.39 Å². The maximum atomic E-state index is 13.6. The minimum atomic E-state index is -0.347. The molecular weight excluding hydrogens is 221 g/mol. The fourth-order valence-corrected chi connectivity index (χ4v) is 1.50. The zero-order chi connectivity index (χ0) is 12.7. The molecule has 0 aliphatic heterocycles. The van der Waals surface area contributed by atoms with Crippen LogP contribution in [0, 0.1) is 5.82 Å². The summed E-state index contributed by atoms with van der Waals surface area (Å²) in [4.78, 5) is 0. The van der Waals surface area contributed by atoms with Crippen molar-refractivity contribution in [3.8, 4) is 5.75 Å². The zero-order valence-electron chi connectivity index (χ0n) is 10.4. The molecule has 0 aromatic heterocycles. The number of benzene rings is 1. The first-order valence-electron chi connectivity index (χ1n) is 5.87. The van der Waals surface area contributed by atoms with Crippen LogP contribution in [0.15, 0.2) is 18.2 Å². The fraction of sp³-hybridized carbons (Fsp3) is 0.538. The van der Waals surface area contributed by atoms with Crippen molar-refractivity contribution in [1.29, 1.82) is 0 Å². The average Bonchev–Trinajstić information content (AvgIpc) is 2.27. The van der Waals surface area contributed by atoms with Crippen LogP contribution >= 0.6 is 0 Å². The Bertz CT molecular complexity index is 342. The van der Waals surface area contributed by atoms with Gasteiger partial charge in [0.25, 0.3) is 0 Å². The van der Waals surface area contributed by atoms with E-state index in [9.17, 15) is 4.39 Å². The molecule has 0 amide bonds. The Balaban J connectivity index is 2.56. The van der Waals surface area contributed by atoms with E-state index in [-0.39, 0.29) is 11.9 Å². The van der Waals surface area contributed by atoms with Gasteiger partial charge in [-0.05, 0) is 38.4 Å². The van der Waals surface area contributed by atoms with Crippen molar-refractivity contribution in [1.82, 2.24) is 0 Å². The van der Waals surface area contributed by atoms with E-state index in [0.29, 0.717) is 31.9 Å². The minimum absolute atomic E-state index is 0.155. The Hall–Kier alpha value is -1.13. The molecule has 0 saturated heterocycles. The Morgan fingerprint density at radius 1 is 1.29 bits per heavy atom. The van der Waals surface area contributed by atoms with Gasteiger partial charge in [-0.15, -0.1) is 0 Å². The molecule has 4 heteroatoms. The van der Waals surface area contributed by atoms with Crippen molar-refractivity contribution in [2.24, 2.45) is 5.73 Å². The molecule has 0 atom stereocenters. The molecule has 0 radical (unpaired) electrons. The number of hydrogen-bond donors (Lipinski definition) is 1. The summed E-state index contributed by atoms with van der Waals surface area (Å²) in [5.41, 5.74) is 6.27. The molecule has 1 rings (SSSR count). The lowest BCUT2D eigenvalue weighted by molar-refractivity contribution is 0.0542. The molecule has 0 spiro atoms. The van der Waals surface area contributed by atoms with E-state index in [0.717, 1.165) is 5.56 Å². The normalized spacial score (nSPS) is 10.9. The topological polar surface area (TPSA) is 44.5 Å². The number of para-hydroxylation sites is 1. The molecule has 0 heterocycles. The van der Waals surface area contributed by atoms with Crippen LogP contribution in [-0.4, -0.2) is 25.9 Å². The van der Waals surface area contributed by atoms with Gasteiger partial charge in [-0.2, -0.15) is 0 Å². The van der Waals surface area contributed by atoms with E-state index >= 15 is 0 Å². The monoisotopic (exact) mass is 241 g/mol. The van der Waals surface area contributed by atoms with E-state index in [2.05, 4.69) is 0 Å². The quantitative estimate of drug-likeness (QED) is 0.744. The molecule has 1 aromatic rings. The predicted molar refractivity (Wildman–Crippen MR) is 65.7 cm³/mol. The van der Waals surface area contributed by atoms with Gasteiger partial charge >= 0.3 is 0 Å². The van der Waals surface area contributed by atoms with E-state index in [1.165, 1.54) is 6.07 Å². The molecule has 0 bridgehead atoms. The van der Waals surface area contributed by atoms with Crippen LogP contribution in [0.1, 0.15) is 19.4 Å². The average molecular weight is 241 g/mol. The number of hydrogen-bond acceptors (Lipinski definition) is 3. The van der Waals surface area contributed by atoms with Crippen molar-refractivity contribution in [3.05, 3.63) is 29.6 Å². The number of halogens is 1. The summed E-state index contributed by atoms with van der Waals surface area (Å²) in [6.07, 6.45) is 0.765. The van der Waals surface area contributed by atoms with Gasteiger partial charge in [-0.3, -0.25) is 0 Å². The highest BCUT2D eigenvalue weighted by Gasteiger charge is 2.09. The predicted octanol–water partition coefficient (Wildman–Crippen LogP) is 2.13. The second-order valence-electron chi connectivity index (χ2n) is 4.03. The van der Waals surface area contributed by atoms with Crippen molar-refractivity contribution in [2.75, 3.05) is 19.8 Å². The van der Waals surface area contributed by atoms with Crippen LogP contribution in [-0.2, 0) is 11.2 Å². The molecule has 3 nitrogen and oxygen atoms in total. The van der Waals surface area contributed by atoms with Gasteiger partial charge in [0.1, 0.15) is 6.61 Å². The second-order valence-corrected chi connectivity index (χ2v) is 4.03. The van der Waals surface area contributed by atoms with Gasteiger partial charge in [-0.1, -0.05) is 12.1 Å². The molecule has 0 aliphatic rings. The highest BCUT2D eigenvalue weighted by atomic mass is 19.1. The van der Waals surface area contributed by atoms with Crippen molar-refractivity contribution >= 4 is 0 Å². The third kappa shape index (κ3) is 4.71. The first kappa shape index (κ1) is 13.9. The van der Waals surface area contributed by atoms with E-state index in [4.69, 9.17) is 15.2 Å². The highest BCUT2D eigenvalue weighted by molar-refractivity contribution is 5.35. The standard InChI is InChI=1S/C13H20FNO2/c1-10(2)16-8-9-17-13-11(6-7-15)4-3-5-12(13)14/h3-5,10H,6-9,15H2,1-2H3. The van der Waals surface area contributed by atoms with Crippen molar-refractivity contribution < 1.29 is 13.9 Å². The fourth-order valence-electron chi connectivity index (χ4n) is 1.50. The number of rotatable bonds is 7. The van der Waals surface area contributed by atoms with Crippen LogP contribution < -0.4 is 10.5 Å². The van der Waals surface area contributed by atoms with Crippen LogP contribution in [0.4, 0.5) is 4.39 Å². The molecule has 0 fully saturated rings. The smallest absolute Gasteiger partial charge is 0.165 e. The summed E-state index contributed by atoms with van der Waals surface area (Å²) in [5, 5.41) is 0. The van der Waals surface area contributed by atoms with E-state index < -0.39 is 0 Å². The van der Waals surface area contributed by atoms with Crippen LogP contribution in [0.2, 0.25) is 0 Å². The number of nitrogens with two attached hydrogens (primary N) is 1. The van der Waals surface area contributed by atoms with E-state index in [1.54, 1.807) is 6.07 Å². The third-order valence-electron chi connectivity index (χ3n) is 2.24. The maximum Gasteiger partial charge on any atom is 0.165 e. The summed E-state index contributed by atoms with van der Waals surface area (Å²) in [6.45, 7) is 5.17. The van der Waals surface area contributed by atoms with Crippen molar-refractivity contribution in [2.45, 2.75) is 26.4 Å². The highest BCUT2D eigenvalue weighted by Crippen LogP contribution is 2.22. The molecule has 0 aliphatic carbocycles. The van der Waals surface area contributed by atoms with Crippen LogP contribution in [0.25, 0.3) is 0 Å². The molecule has 0 saturated carbocycles. The Morgan fingerprint density at radius 3 is 2.71 bits per heavy atom. The summed E-state index contributed by atoms with van der Waals surface area (Å²) in [6, 6.07) is 4.88. The lowest BCUT2D eigenvalue weighted by atomic mass is 10.1. The molecule has 96 valence electrons. The van der Waals surface area contributed by atoms with Gasteiger partial charge in [0.15, 0.2) is 11.6 Å². The summed E-state index contributed by atoms with van der Waals surface area (Å²) >= 11 is 0. The Kier molecular flexibility index (Phi) is 5.94. The van der Waals surface area contributed by atoms with Gasteiger partial charge in [0, 0.05) is 0 Å².